The number of ether oxygens (including phenoxy) is 4. The highest BCUT2D eigenvalue weighted by Gasteiger charge is 2.25. The van der Waals surface area contributed by atoms with Gasteiger partial charge < -0.3 is 28.5 Å². The molecule has 0 radical (unpaired) electrons. The number of rotatable bonds is 48. The van der Waals surface area contributed by atoms with Crippen LogP contribution in [-0.2, 0) is 33.3 Å². The van der Waals surface area contributed by atoms with Crippen molar-refractivity contribution in [2.45, 2.75) is 212 Å². The van der Waals surface area contributed by atoms with Crippen LogP contribution in [0.2, 0.25) is 0 Å². The SMILES string of the molecule is CC/C=C\C/C=C\C/C=C\C/C=C\C/C=C\C/C=C\CCCCCCCCC(=O)OC(COC(=O)CCCCCCCCC/C=C\C/C=C\CCCCCC)COC(OCC[N+](C)(C)C)C(=O)O. The van der Waals surface area contributed by atoms with E-state index in [9.17, 15) is 19.5 Å². The molecule has 68 heavy (non-hydrogen) atoms. The molecule has 0 aromatic rings. The lowest BCUT2D eigenvalue weighted by Gasteiger charge is -2.25. The van der Waals surface area contributed by atoms with E-state index in [1.54, 1.807) is 0 Å². The van der Waals surface area contributed by atoms with Crippen molar-refractivity contribution in [3.05, 3.63) is 97.2 Å². The minimum absolute atomic E-state index is 0.178. The molecule has 2 unspecified atom stereocenters. The van der Waals surface area contributed by atoms with Crippen LogP contribution in [0.3, 0.4) is 0 Å². The van der Waals surface area contributed by atoms with Gasteiger partial charge in [-0.3, -0.25) is 9.59 Å². The highest BCUT2D eigenvalue weighted by molar-refractivity contribution is 5.71. The molecule has 0 saturated carbocycles. The zero-order valence-corrected chi connectivity index (χ0v) is 44.0. The Kier molecular flexibility index (Phi) is 46.9. The minimum Gasteiger partial charge on any atom is -0.477 e. The number of likely N-dealkylation sites (N-methyl/N-ethyl adjacent to an activating group) is 1. The van der Waals surface area contributed by atoms with E-state index < -0.39 is 24.3 Å². The molecule has 0 fully saturated rings. The summed E-state index contributed by atoms with van der Waals surface area (Å²) in [6, 6.07) is 0. The minimum atomic E-state index is -1.52. The first-order valence-corrected chi connectivity index (χ1v) is 26.9. The van der Waals surface area contributed by atoms with Gasteiger partial charge >= 0.3 is 17.9 Å². The Bertz CT molecular complexity index is 1430. The third-order valence-corrected chi connectivity index (χ3v) is 11.1. The van der Waals surface area contributed by atoms with E-state index in [0.29, 0.717) is 17.4 Å². The third kappa shape index (κ3) is 50.1. The van der Waals surface area contributed by atoms with Gasteiger partial charge in [-0.25, -0.2) is 4.79 Å². The maximum Gasteiger partial charge on any atom is 0.361 e. The summed E-state index contributed by atoms with van der Waals surface area (Å²) in [5.41, 5.74) is 0. The molecular weight excluding hydrogens is 851 g/mol. The molecule has 9 nitrogen and oxygen atoms in total. The van der Waals surface area contributed by atoms with Crippen molar-refractivity contribution in [3.8, 4) is 0 Å². The van der Waals surface area contributed by atoms with Crippen LogP contribution in [-0.4, -0.2) is 87.4 Å². The first-order valence-electron chi connectivity index (χ1n) is 26.9. The highest BCUT2D eigenvalue weighted by Crippen LogP contribution is 2.14. The number of carboxylic acids is 1. The van der Waals surface area contributed by atoms with Gasteiger partial charge in [0.05, 0.1) is 34.4 Å². The largest absolute Gasteiger partial charge is 0.477 e. The Hall–Kier alpha value is -3.79. The molecule has 0 amide bonds. The number of hydrogen-bond acceptors (Lipinski definition) is 7. The average Bonchev–Trinajstić information content (AvgIpc) is 3.30. The van der Waals surface area contributed by atoms with E-state index in [4.69, 9.17) is 18.9 Å². The van der Waals surface area contributed by atoms with Crippen LogP contribution >= 0.6 is 0 Å². The summed E-state index contributed by atoms with van der Waals surface area (Å²) in [6.45, 7) is 4.70. The number of nitrogens with zero attached hydrogens (tertiary/aromatic N) is 1. The number of carbonyl (C=O) groups excluding carboxylic acids is 2. The molecule has 2 atom stereocenters. The first-order chi connectivity index (χ1) is 33.1. The zero-order valence-electron chi connectivity index (χ0n) is 44.0. The summed E-state index contributed by atoms with van der Waals surface area (Å²) in [7, 11) is 5.95. The van der Waals surface area contributed by atoms with Crippen molar-refractivity contribution in [1.82, 2.24) is 0 Å². The summed E-state index contributed by atoms with van der Waals surface area (Å²) in [6.07, 6.45) is 63.2. The maximum absolute atomic E-state index is 12.8. The van der Waals surface area contributed by atoms with Crippen molar-refractivity contribution in [2.24, 2.45) is 0 Å². The molecular formula is C59H100NO8+. The van der Waals surface area contributed by atoms with Crippen molar-refractivity contribution >= 4 is 17.9 Å². The van der Waals surface area contributed by atoms with Gasteiger partial charge in [0.1, 0.15) is 13.2 Å². The summed E-state index contributed by atoms with van der Waals surface area (Å²) in [4.78, 5) is 37.3. The number of hydrogen-bond donors (Lipinski definition) is 1. The maximum atomic E-state index is 12.8. The van der Waals surface area contributed by atoms with E-state index in [2.05, 4.69) is 111 Å². The van der Waals surface area contributed by atoms with Gasteiger partial charge in [0, 0.05) is 12.8 Å². The fourth-order valence-electron chi connectivity index (χ4n) is 6.93. The predicted molar refractivity (Wildman–Crippen MR) is 285 cm³/mol. The number of allylic oxidation sites excluding steroid dienone is 16. The molecule has 0 aliphatic rings. The second-order valence-corrected chi connectivity index (χ2v) is 18.8. The smallest absolute Gasteiger partial charge is 0.361 e. The Morgan fingerprint density at radius 3 is 1.25 bits per heavy atom. The molecule has 0 aromatic carbocycles. The lowest BCUT2D eigenvalue weighted by Crippen LogP contribution is -2.40. The predicted octanol–water partition coefficient (Wildman–Crippen LogP) is 15.4. The van der Waals surface area contributed by atoms with Gasteiger partial charge in [-0.2, -0.15) is 0 Å². The lowest BCUT2D eigenvalue weighted by atomic mass is 10.1. The van der Waals surface area contributed by atoms with E-state index in [1.165, 1.54) is 51.4 Å². The number of carbonyl (C=O) groups is 3. The van der Waals surface area contributed by atoms with Crippen LogP contribution in [0.4, 0.5) is 0 Å². The fourth-order valence-corrected chi connectivity index (χ4v) is 6.93. The first kappa shape index (κ1) is 64.2. The van der Waals surface area contributed by atoms with Crippen LogP contribution in [0.5, 0.6) is 0 Å². The molecule has 0 aliphatic heterocycles. The number of aliphatic carboxylic acids is 1. The fraction of sp³-hybridized carbons (Fsp3) is 0.678. The summed E-state index contributed by atoms with van der Waals surface area (Å²) in [5, 5.41) is 9.68. The molecule has 0 aromatic heterocycles. The summed E-state index contributed by atoms with van der Waals surface area (Å²) >= 11 is 0. The molecule has 0 rings (SSSR count). The third-order valence-electron chi connectivity index (χ3n) is 11.1. The van der Waals surface area contributed by atoms with Gasteiger partial charge in [-0.1, -0.05) is 188 Å². The topological polar surface area (TPSA) is 108 Å². The molecule has 388 valence electrons. The van der Waals surface area contributed by atoms with E-state index in [1.807, 2.05) is 21.1 Å². The van der Waals surface area contributed by atoms with E-state index >= 15 is 0 Å². The number of unbranched alkanes of at least 4 members (excludes halogenated alkanes) is 17. The molecule has 0 heterocycles. The number of carboxylic acid groups (broad SMARTS) is 1. The van der Waals surface area contributed by atoms with Gasteiger partial charge in [-0.15, -0.1) is 0 Å². The average molecular weight is 951 g/mol. The Labute approximate surface area is 416 Å². The van der Waals surface area contributed by atoms with Crippen LogP contribution in [0.15, 0.2) is 97.2 Å². The van der Waals surface area contributed by atoms with Crippen molar-refractivity contribution in [1.29, 1.82) is 0 Å². The van der Waals surface area contributed by atoms with Gasteiger partial charge in [-0.05, 0) is 96.3 Å². The molecule has 0 saturated heterocycles. The normalized spacial score (nSPS) is 13.6. The second kappa shape index (κ2) is 49.6. The van der Waals surface area contributed by atoms with Crippen LogP contribution in [0, 0.1) is 0 Å². The van der Waals surface area contributed by atoms with Crippen LogP contribution in [0.25, 0.3) is 0 Å². The van der Waals surface area contributed by atoms with Gasteiger partial charge in [0.15, 0.2) is 6.10 Å². The molecule has 0 bridgehead atoms. The van der Waals surface area contributed by atoms with Crippen molar-refractivity contribution < 1.29 is 42.9 Å². The molecule has 9 heteroatoms. The van der Waals surface area contributed by atoms with E-state index in [-0.39, 0.29) is 38.6 Å². The van der Waals surface area contributed by atoms with Crippen LogP contribution in [0.1, 0.15) is 200 Å². The Morgan fingerprint density at radius 1 is 0.456 bits per heavy atom. The van der Waals surface area contributed by atoms with E-state index in [0.717, 1.165) is 116 Å². The van der Waals surface area contributed by atoms with Gasteiger partial charge in [0.25, 0.3) is 6.29 Å². The van der Waals surface area contributed by atoms with Crippen molar-refractivity contribution in [2.75, 3.05) is 47.5 Å². The number of quaternary nitrogens is 1. The second-order valence-electron chi connectivity index (χ2n) is 18.8. The Balaban J connectivity index is 4.38. The summed E-state index contributed by atoms with van der Waals surface area (Å²) in [5.74, 6) is -2.05. The monoisotopic (exact) mass is 951 g/mol. The molecule has 0 spiro atoms. The quantitative estimate of drug-likeness (QED) is 0.0211. The molecule has 1 N–H and O–H groups in total. The summed E-state index contributed by atoms with van der Waals surface area (Å²) < 4.78 is 22.8. The van der Waals surface area contributed by atoms with Gasteiger partial charge in [0.2, 0.25) is 0 Å². The van der Waals surface area contributed by atoms with Crippen molar-refractivity contribution in [3.63, 3.8) is 0 Å². The van der Waals surface area contributed by atoms with Crippen LogP contribution < -0.4 is 0 Å². The standard InChI is InChI=1S/C59H99NO8/c1-6-8-10-12-14-16-18-20-22-24-26-27-28-29-30-31-32-34-36-38-40-42-44-46-48-50-57(62)68-55(54-67-59(58(63)64)65-52-51-60(3,4)5)53-66-56(61)49-47-45-43-41-39-37-35-33-25-23-21-19-17-15-13-11-9-7-2/h8,10,14,16-17,19-20,22-23,25-27,29-30,32,34,55,59H,6-7,9,11-13,15,18,21,24,28,31,33,35-54H2,1-5H3/p+1/b10-8-,16-14-,19-17-,22-20-,25-23-,27-26-,30-29-,34-32-. The highest BCUT2D eigenvalue weighted by atomic mass is 16.7. The number of esters is 2. The lowest BCUT2D eigenvalue weighted by molar-refractivity contribution is -0.870. The Morgan fingerprint density at radius 2 is 0.838 bits per heavy atom. The molecule has 0 aliphatic carbocycles. The zero-order chi connectivity index (χ0) is 49.9.